The van der Waals surface area contributed by atoms with Gasteiger partial charge in [0.05, 0.1) is 6.42 Å². The molecule has 0 aliphatic carbocycles. The van der Waals surface area contributed by atoms with Gasteiger partial charge < -0.3 is 10.0 Å². The summed E-state index contributed by atoms with van der Waals surface area (Å²) in [5.41, 5.74) is 0.322. The van der Waals surface area contributed by atoms with Gasteiger partial charge in [0.2, 0.25) is 5.91 Å². The predicted octanol–water partition coefficient (Wildman–Crippen LogP) is 2.55. The van der Waals surface area contributed by atoms with Gasteiger partial charge in [-0.1, -0.05) is 18.2 Å². The minimum atomic E-state index is -0.957. The molecule has 108 valence electrons. The van der Waals surface area contributed by atoms with Crippen LogP contribution in [0.2, 0.25) is 0 Å². The number of rotatable bonds is 6. The van der Waals surface area contributed by atoms with E-state index in [9.17, 15) is 14.0 Å². The number of nitrogens with zero attached hydrogens (tertiary/aromatic N) is 1. The number of carboxylic acids is 1. The predicted molar refractivity (Wildman–Crippen MR) is 74.5 cm³/mol. The Morgan fingerprint density at radius 2 is 2.05 bits per heavy atom. The Labute approximate surface area is 117 Å². The molecule has 0 saturated carbocycles. The van der Waals surface area contributed by atoms with E-state index in [2.05, 4.69) is 0 Å². The van der Waals surface area contributed by atoms with Crippen molar-refractivity contribution in [3.05, 3.63) is 41.7 Å². The van der Waals surface area contributed by atoms with Crippen molar-refractivity contribution in [3.63, 3.8) is 0 Å². The highest BCUT2D eigenvalue weighted by Gasteiger charge is 2.18. The smallest absolute Gasteiger partial charge is 0.305 e. The molecule has 0 radical (unpaired) electrons. The normalized spacial score (nSPS) is 12.3. The first-order chi connectivity index (χ1) is 9.45. The highest BCUT2D eigenvalue weighted by atomic mass is 19.1. The van der Waals surface area contributed by atoms with Gasteiger partial charge in [-0.25, -0.2) is 4.39 Å². The molecule has 0 aromatic heterocycles. The van der Waals surface area contributed by atoms with Crippen molar-refractivity contribution in [3.8, 4) is 0 Å². The van der Waals surface area contributed by atoms with E-state index in [4.69, 9.17) is 5.11 Å². The van der Waals surface area contributed by atoms with Crippen LogP contribution in [0.5, 0.6) is 0 Å². The largest absolute Gasteiger partial charge is 0.481 e. The molecule has 0 spiro atoms. The molecule has 0 aliphatic rings. The molecule has 1 aromatic carbocycles. The van der Waals surface area contributed by atoms with Gasteiger partial charge in [0.1, 0.15) is 5.82 Å². The summed E-state index contributed by atoms with van der Waals surface area (Å²) in [5.74, 6) is -1.69. The Bertz CT molecular complexity index is 514. The highest BCUT2D eigenvalue weighted by Crippen LogP contribution is 2.10. The maximum absolute atomic E-state index is 13.4. The van der Waals surface area contributed by atoms with Gasteiger partial charge in [-0.15, -0.1) is 0 Å². The van der Waals surface area contributed by atoms with Crippen LogP contribution in [-0.2, 0) is 9.59 Å². The van der Waals surface area contributed by atoms with Crippen LogP contribution in [0.3, 0.4) is 0 Å². The maximum Gasteiger partial charge on any atom is 0.305 e. The van der Waals surface area contributed by atoms with Crippen LogP contribution >= 0.6 is 0 Å². The van der Waals surface area contributed by atoms with Crippen molar-refractivity contribution >= 4 is 18.0 Å². The number of halogens is 1. The summed E-state index contributed by atoms with van der Waals surface area (Å²) in [7, 11) is 0. The minimum Gasteiger partial charge on any atom is -0.481 e. The number of carbonyl (C=O) groups is 2. The van der Waals surface area contributed by atoms with E-state index in [0.29, 0.717) is 12.1 Å². The molecule has 20 heavy (non-hydrogen) atoms. The number of likely N-dealkylation sites (N-methyl/N-ethyl adjacent to an activating group) is 1. The molecule has 0 heterocycles. The Morgan fingerprint density at radius 1 is 1.40 bits per heavy atom. The highest BCUT2D eigenvalue weighted by molar-refractivity contribution is 5.92. The fourth-order valence-electron chi connectivity index (χ4n) is 1.91. The van der Waals surface area contributed by atoms with Gasteiger partial charge in [-0.3, -0.25) is 9.59 Å². The summed E-state index contributed by atoms with van der Waals surface area (Å²) in [6, 6.07) is 5.72. The first kappa shape index (κ1) is 15.9. The van der Waals surface area contributed by atoms with Crippen molar-refractivity contribution in [2.45, 2.75) is 26.3 Å². The third-order valence-corrected chi connectivity index (χ3v) is 2.94. The summed E-state index contributed by atoms with van der Waals surface area (Å²) in [6.45, 7) is 3.84. The average molecular weight is 279 g/mol. The van der Waals surface area contributed by atoms with Crippen molar-refractivity contribution < 1.29 is 19.1 Å². The standard InChI is InChI=1S/C15H18FNO3/c1-3-17(11(2)10-15(19)20)14(18)9-8-12-6-4-5-7-13(12)16/h4-9,11H,3,10H2,1-2H3,(H,19,20). The Hall–Kier alpha value is -2.17. The zero-order valence-corrected chi connectivity index (χ0v) is 11.5. The monoisotopic (exact) mass is 279 g/mol. The molecule has 1 unspecified atom stereocenters. The van der Waals surface area contributed by atoms with Crippen LogP contribution in [0.25, 0.3) is 6.08 Å². The van der Waals surface area contributed by atoms with Gasteiger partial charge >= 0.3 is 5.97 Å². The molecule has 1 N–H and O–H groups in total. The zero-order valence-electron chi connectivity index (χ0n) is 11.5. The Balaban J connectivity index is 2.77. The second-order valence-electron chi connectivity index (χ2n) is 4.43. The van der Waals surface area contributed by atoms with Crippen molar-refractivity contribution in [1.82, 2.24) is 4.90 Å². The lowest BCUT2D eigenvalue weighted by atomic mass is 10.1. The Kier molecular flexibility index (Phi) is 5.90. The van der Waals surface area contributed by atoms with E-state index in [1.54, 1.807) is 32.0 Å². The van der Waals surface area contributed by atoms with Crippen molar-refractivity contribution in [1.29, 1.82) is 0 Å². The second kappa shape index (κ2) is 7.43. The van der Waals surface area contributed by atoms with Crippen molar-refractivity contribution in [2.24, 2.45) is 0 Å². The number of carboxylic acid groups (broad SMARTS) is 1. The first-order valence-electron chi connectivity index (χ1n) is 6.40. The third-order valence-electron chi connectivity index (χ3n) is 2.94. The summed E-state index contributed by atoms with van der Waals surface area (Å²) in [6.07, 6.45) is 2.54. The van der Waals surface area contributed by atoms with Crippen LogP contribution in [-0.4, -0.2) is 34.5 Å². The fraction of sp³-hybridized carbons (Fsp3) is 0.333. The number of hydrogen-bond acceptors (Lipinski definition) is 2. The summed E-state index contributed by atoms with van der Waals surface area (Å²) < 4.78 is 13.4. The van der Waals surface area contributed by atoms with E-state index in [0.717, 1.165) is 0 Å². The molecule has 0 bridgehead atoms. The lowest BCUT2D eigenvalue weighted by Gasteiger charge is -2.25. The van der Waals surface area contributed by atoms with E-state index in [-0.39, 0.29) is 12.3 Å². The first-order valence-corrected chi connectivity index (χ1v) is 6.40. The number of aliphatic carboxylic acids is 1. The molecule has 0 fully saturated rings. The van der Waals surface area contributed by atoms with Gasteiger partial charge in [0, 0.05) is 24.2 Å². The lowest BCUT2D eigenvalue weighted by molar-refractivity contribution is -0.139. The Morgan fingerprint density at radius 3 is 2.60 bits per heavy atom. The quantitative estimate of drug-likeness (QED) is 0.814. The number of benzene rings is 1. The second-order valence-corrected chi connectivity index (χ2v) is 4.43. The van der Waals surface area contributed by atoms with E-state index in [1.807, 2.05) is 0 Å². The molecule has 4 nitrogen and oxygen atoms in total. The van der Waals surface area contributed by atoms with Crippen LogP contribution in [0.15, 0.2) is 30.3 Å². The molecular weight excluding hydrogens is 261 g/mol. The van der Waals surface area contributed by atoms with E-state index < -0.39 is 17.8 Å². The summed E-state index contributed by atoms with van der Waals surface area (Å²) in [5, 5.41) is 8.75. The van der Waals surface area contributed by atoms with Crippen molar-refractivity contribution in [2.75, 3.05) is 6.54 Å². The molecule has 1 amide bonds. The van der Waals surface area contributed by atoms with Gasteiger partial charge in [-0.2, -0.15) is 0 Å². The zero-order chi connectivity index (χ0) is 15.1. The van der Waals surface area contributed by atoms with Crippen LogP contribution in [0, 0.1) is 5.82 Å². The van der Waals surface area contributed by atoms with Crippen LogP contribution < -0.4 is 0 Å². The number of hydrogen-bond donors (Lipinski definition) is 1. The SMILES string of the molecule is CCN(C(=O)C=Cc1ccccc1F)C(C)CC(=O)O. The summed E-state index contributed by atoms with van der Waals surface area (Å²) >= 11 is 0. The van der Waals surface area contributed by atoms with Gasteiger partial charge in [0.15, 0.2) is 0 Å². The molecule has 1 atom stereocenters. The van der Waals surface area contributed by atoms with E-state index >= 15 is 0 Å². The fourth-order valence-corrected chi connectivity index (χ4v) is 1.91. The molecule has 1 aromatic rings. The molecule has 0 aliphatic heterocycles. The maximum atomic E-state index is 13.4. The number of amides is 1. The van der Waals surface area contributed by atoms with Gasteiger partial charge in [-0.05, 0) is 26.0 Å². The topological polar surface area (TPSA) is 57.6 Å². The number of carbonyl (C=O) groups excluding carboxylic acids is 1. The average Bonchev–Trinajstić information content (AvgIpc) is 2.37. The summed E-state index contributed by atoms with van der Waals surface area (Å²) in [4.78, 5) is 24.1. The minimum absolute atomic E-state index is 0.118. The van der Waals surface area contributed by atoms with Crippen LogP contribution in [0.4, 0.5) is 4.39 Å². The van der Waals surface area contributed by atoms with Crippen LogP contribution in [0.1, 0.15) is 25.8 Å². The molecule has 5 heteroatoms. The lowest BCUT2D eigenvalue weighted by Crippen LogP contribution is -2.38. The molecule has 0 saturated heterocycles. The van der Waals surface area contributed by atoms with E-state index in [1.165, 1.54) is 23.1 Å². The van der Waals surface area contributed by atoms with Gasteiger partial charge in [0.25, 0.3) is 0 Å². The molecule has 1 rings (SSSR count). The third kappa shape index (κ3) is 4.50. The molecular formula is C15H18FNO3.